The Bertz CT molecular complexity index is 2420. The Morgan fingerprint density at radius 2 is 1.38 bits per heavy atom. The van der Waals surface area contributed by atoms with Gasteiger partial charge in [0, 0.05) is 64.6 Å². The standard InChI is InChI=1S/C43H38N2O5/c1-6-45-39-19-15-31(42(44-50-28(4)46)34-18-17-33(21-26(34)2)49-27(3)25-48-5)23-37(39)38-24-32(16-20-40(38)45)43(47)41-35-13-9-7-11-29(35)22-30-12-8-10-14-36(30)41/h7-24,27H,6,25H2,1-5H3/b44-42+. The van der Waals surface area contributed by atoms with Gasteiger partial charge in [-0.3, -0.25) is 4.79 Å². The number of hydrogen-bond acceptors (Lipinski definition) is 6. The predicted octanol–water partition coefficient (Wildman–Crippen LogP) is 9.39. The van der Waals surface area contributed by atoms with Crippen molar-refractivity contribution in [1.29, 1.82) is 0 Å². The van der Waals surface area contributed by atoms with E-state index in [0.717, 1.165) is 66.6 Å². The highest BCUT2D eigenvalue weighted by molar-refractivity contribution is 6.26. The molecule has 7 nitrogen and oxygen atoms in total. The van der Waals surface area contributed by atoms with E-state index in [0.29, 0.717) is 29.2 Å². The summed E-state index contributed by atoms with van der Waals surface area (Å²) in [6, 6.07) is 36.1. The third-order valence-corrected chi connectivity index (χ3v) is 9.17. The summed E-state index contributed by atoms with van der Waals surface area (Å²) in [5, 5.41) is 10.2. The van der Waals surface area contributed by atoms with Crippen molar-refractivity contribution < 1.29 is 23.9 Å². The Labute approximate surface area is 290 Å². The van der Waals surface area contributed by atoms with Crippen LogP contribution in [-0.2, 0) is 20.9 Å². The molecule has 1 heterocycles. The third-order valence-electron chi connectivity index (χ3n) is 9.17. The molecule has 7 rings (SSSR count). The first-order valence-electron chi connectivity index (χ1n) is 16.8. The molecule has 1 unspecified atom stereocenters. The number of rotatable bonds is 10. The second kappa shape index (κ2) is 13.6. The van der Waals surface area contributed by atoms with Gasteiger partial charge >= 0.3 is 5.97 Å². The van der Waals surface area contributed by atoms with Crippen LogP contribution in [0.4, 0.5) is 0 Å². The molecule has 250 valence electrons. The fourth-order valence-electron chi connectivity index (χ4n) is 6.98. The number of nitrogens with zero attached hydrogens (tertiary/aromatic N) is 2. The summed E-state index contributed by atoms with van der Waals surface area (Å²) in [4.78, 5) is 31.7. The lowest BCUT2D eigenvalue weighted by Gasteiger charge is -2.16. The molecule has 50 heavy (non-hydrogen) atoms. The van der Waals surface area contributed by atoms with E-state index in [2.05, 4.69) is 47.0 Å². The zero-order chi connectivity index (χ0) is 34.9. The Kier molecular flexibility index (Phi) is 8.91. The monoisotopic (exact) mass is 662 g/mol. The molecule has 0 amide bonds. The highest BCUT2D eigenvalue weighted by atomic mass is 16.7. The van der Waals surface area contributed by atoms with Crippen molar-refractivity contribution in [2.75, 3.05) is 13.7 Å². The molecule has 6 aromatic carbocycles. The van der Waals surface area contributed by atoms with E-state index < -0.39 is 5.97 Å². The van der Waals surface area contributed by atoms with E-state index in [1.54, 1.807) is 7.11 Å². The molecule has 1 aromatic heterocycles. The van der Waals surface area contributed by atoms with Crippen molar-refractivity contribution in [2.24, 2.45) is 5.16 Å². The number of ketones is 1. The van der Waals surface area contributed by atoms with Gasteiger partial charge in [-0.05, 0) is 102 Å². The Balaban J connectivity index is 1.37. The van der Waals surface area contributed by atoms with Crippen LogP contribution in [0.3, 0.4) is 0 Å². The lowest BCUT2D eigenvalue weighted by molar-refractivity contribution is -0.140. The van der Waals surface area contributed by atoms with E-state index >= 15 is 0 Å². The highest BCUT2D eigenvalue weighted by Gasteiger charge is 2.21. The Morgan fingerprint density at radius 3 is 1.98 bits per heavy atom. The molecule has 0 radical (unpaired) electrons. The van der Waals surface area contributed by atoms with Gasteiger partial charge in [-0.2, -0.15) is 0 Å². The maximum Gasteiger partial charge on any atom is 0.332 e. The van der Waals surface area contributed by atoms with Gasteiger partial charge in [0.1, 0.15) is 17.6 Å². The van der Waals surface area contributed by atoms with Gasteiger partial charge in [0.05, 0.1) is 6.61 Å². The SMILES string of the molecule is CCn1c2ccc(C(=O)c3c4ccccc4cc4ccccc34)cc2c2cc(/C(=N\OC(C)=O)c3ccc(OC(C)COC)cc3C)ccc21. The molecule has 7 aromatic rings. The van der Waals surface area contributed by atoms with Gasteiger partial charge in [-0.25, -0.2) is 4.79 Å². The zero-order valence-corrected chi connectivity index (χ0v) is 28.8. The largest absolute Gasteiger partial charge is 0.488 e. The molecule has 7 heteroatoms. The van der Waals surface area contributed by atoms with Crippen LogP contribution >= 0.6 is 0 Å². The van der Waals surface area contributed by atoms with Gasteiger partial charge in [-0.15, -0.1) is 0 Å². The van der Waals surface area contributed by atoms with Crippen LogP contribution in [0.15, 0.2) is 114 Å². The van der Waals surface area contributed by atoms with Crippen molar-refractivity contribution in [3.8, 4) is 5.75 Å². The maximum absolute atomic E-state index is 14.5. The van der Waals surface area contributed by atoms with Gasteiger partial charge in [0.15, 0.2) is 5.78 Å². The van der Waals surface area contributed by atoms with Crippen LogP contribution in [0.1, 0.15) is 53.4 Å². The van der Waals surface area contributed by atoms with Crippen molar-refractivity contribution in [2.45, 2.75) is 40.3 Å². The molecule has 0 aliphatic carbocycles. The summed E-state index contributed by atoms with van der Waals surface area (Å²) in [7, 11) is 1.65. The molecule has 0 spiro atoms. The number of ether oxygens (including phenoxy) is 2. The molecule has 0 fully saturated rings. The number of aryl methyl sites for hydroxylation is 2. The van der Waals surface area contributed by atoms with Crippen molar-refractivity contribution in [3.63, 3.8) is 0 Å². The lowest BCUT2D eigenvalue weighted by atomic mass is 9.91. The average molecular weight is 663 g/mol. The predicted molar refractivity (Wildman–Crippen MR) is 201 cm³/mol. The molecule has 0 aliphatic heterocycles. The van der Waals surface area contributed by atoms with E-state index in [9.17, 15) is 9.59 Å². The smallest absolute Gasteiger partial charge is 0.332 e. The zero-order valence-electron chi connectivity index (χ0n) is 28.8. The number of hydrogen-bond donors (Lipinski definition) is 0. The topological polar surface area (TPSA) is 79.1 Å². The number of benzene rings is 6. The van der Waals surface area contributed by atoms with Crippen LogP contribution in [0.25, 0.3) is 43.4 Å². The van der Waals surface area contributed by atoms with E-state index in [1.807, 2.05) is 92.7 Å². The summed E-state index contributed by atoms with van der Waals surface area (Å²) in [6.45, 7) is 8.59. The number of carbonyl (C=O) groups excluding carboxylic acids is 2. The number of methoxy groups -OCH3 is 1. The number of carbonyl (C=O) groups is 2. The molecule has 0 N–H and O–H groups in total. The molecular formula is C43H38N2O5. The Morgan fingerprint density at radius 1 is 0.760 bits per heavy atom. The summed E-state index contributed by atoms with van der Waals surface area (Å²) in [5.74, 6) is 0.171. The van der Waals surface area contributed by atoms with Crippen LogP contribution in [0, 0.1) is 6.92 Å². The van der Waals surface area contributed by atoms with Gasteiger partial charge < -0.3 is 18.9 Å². The summed E-state index contributed by atoms with van der Waals surface area (Å²) in [5.41, 5.74) is 6.37. The van der Waals surface area contributed by atoms with Crippen LogP contribution < -0.4 is 4.74 Å². The molecule has 1 atom stereocenters. The molecule has 0 aliphatic rings. The molecule has 0 saturated heterocycles. The normalized spacial score (nSPS) is 12.5. The molecular weight excluding hydrogens is 624 g/mol. The van der Waals surface area contributed by atoms with Gasteiger partial charge in [0.25, 0.3) is 0 Å². The van der Waals surface area contributed by atoms with Crippen molar-refractivity contribution in [3.05, 3.63) is 137 Å². The first kappa shape index (κ1) is 32.7. The minimum atomic E-state index is -0.513. The minimum Gasteiger partial charge on any atom is -0.488 e. The number of aromatic nitrogens is 1. The highest BCUT2D eigenvalue weighted by Crippen LogP contribution is 2.35. The quantitative estimate of drug-likeness (QED) is 0.0480. The fourth-order valence-corrected chi connectivity index (χ4v) is 6.98. The van der Waals surface area contributed by atoms with Gasteiger partial charge in [0.2, 0.25) is 0 Å². The van der Waals surface area contributed by atoms with Gasteiger partial charge in [-0.1, -0.05) is 59.8 Å². The van der Waals surface area contributed by atoms with Crippen LogP contribution in [0.2, 0.25) is 0 Å². The van der Waals surface area contributed by atoms with Crippen molar-refractivity contribution >= 4 is 60.8 Å². The number of oxime groups is 1. The van der Waals surface area contributed by atoms with E-state index in [1.165, 1.54) is 6.92 Å². The lowest BCUT2D eigenvalue weighted by Crippen LogP contribution is -2.18. The first-order chi connectivity index (χ1) is 24.3. The van der Waals surface area contributed by atoms with Crippen LogP contribution in [-0.4, -0.2) is 41.9 Å². The summed E-state index contributed by atoms with van der Waals surface area (Å²) in [6.07, 6.45) is -0.117. The fraction of sp³-hybridized carbons (Fsp3) is 0.186. The second-order valence-electron chi connectivity index (χ2n) is 12.6. The molecule has 0 saturated carbocycles. The van der Waals surface area contributed by atoms with E-state index in [4.69, 9.17) is 14.3 Å². The minimum absolute atomic E-state index is 0.0247. The maximum atomic E-state index is 14.5. The summed E-state index contributed by atoms with van der Waals surface area (Å²) >= 11 is 0. The first-order valence-corrected chi connectivity index (χ1v) is 16.8. The second-order valence-corrected chi connectivity index (χ2v) is 12.6. The third kappa shape index (κ3) is 6.01. The number of fused-ring (bicyclic) bond motifs is 5. The van der Waals surface area contributed by atoms with E-state index in [-0.39, 0.29) is 11.9 Å². The summed E-state index contributed by atoms with van der Waals surface area (Å²) < 4.78 is 13.5. The average Bonchev–Trinajstić information content (AvgIpc) is 3.43. The molecule has 0 bridgehead atoms. The Hall–Kier alpha value is -5.79. The van der Waals surface area contributed by atoms with Crippen molar-refractivity contribution in [1.82, 2.24) is 4.57 Å². The van der Waals surface area contributed by atoms with Crippen LogP contribution in [0.5, 0.6) is 5.75 Å².